The van der Waals surface area contributed by atoms with Crippen molar-refractivity contribution in [1.82, 2.24) is 0 Å². The summed E-state index contributed by atoms with van der Waals surface area (Å²) >= 11 is 0. The molecule has 0 aromatic heterocycles. The van der Waals surface area contributed by atoms with E-state index in [1.54, 1.807) is 0 Å². The molecular formula is C40H65KO7S. The van der Waals surface area contributed by atoms with Crippen molar-refractivity contribution >= 4 is 22.1 Å². The van der Waals surface area contributed by atoms with Crippen molar-refractivity contribution in [3.05, 3.63) is 53.6 Å². The molecule has 0 atom stereocenters. The molecule has 49 heavy (non-hydrogen) atoms. The number of carbonyl (C=O) groups excluding carboxylic acids is 2. The van der Waals surface area contributed by atoms with Gasteiger partial charge in [0, 0.05) is 0 Å². The van der Waals surface area contributed by atoms with Crippen LogP contribution >= 0.6 is 0 Å². The number of esters is 2. The van der Waals surface area contributed by atoms with Gasteiger partial charge < -0.3 is 14.0 Å². The molecule has 0 aliphatic carbocycles. The molecule has 0 aliphatic heterocycles. The Kier molecular flexibility index (Phi) is 32.5. The molecule has 9 heteroatoms. The predicted molar refractivity (Wildman–Crippen MR) is 195 cm³/mol. The van der Waals surface area contributed by atoms with Gasteiger partial charge in [0.2, 0.25) is 0 Å². The summed E-state index contributed by atoms with van der Waals surface area (Å²) in [5.74, 6) is -1.64. The maximum absolute atomic E-state index is 12.8. The van der Waals surface area contributed by atoms with Crippen LogP contribution in [0.2, 0.25) is 0 Å². The molecule has 1 aromatic carbocycles. The van der Waals surface area contributed by atoms with E-state index in [9.17, 15) is 22.6 Å². The zero-order valence-electron chi connectivity index (χ0n) is 31.2. The van der Waals surface area contributed by atoms with Crippen molar-refractivity contribution < 1.29 is 83.4 Å². The van der Waals surface area contributed by atoms with Crippen LogP contribution in [0.15, 0.2) is 47.4 Å². The van der Waals surface area contributed by atoms with E-state index in [1.807, 2.05) is 12.2 Å². The summed E-state index contributed by atoms with van der Waals surface area (Å²) in [6, 6.07) is 3.05. The normalized spacial score (nSPS) is 11.7. The summed E-state index contributed by atoms with van der Waals surface area (Å²) in [7, 11) is -4.83. The number of carbonyl (C=O) groups is 2. The van der Waals surface area contributed by atoms with Crippen molar-refractivity contribution in [3.8, 4) is 0 Å². The van der Waals surface area contributed by atoms with E-state index in [0.29, 0.717) is 12.8 Å². The van der Waals surface area contributed by atoms with Gasteiger partial charge in [-0.1, -0.05) is 154 Å². The van der Waals surface area contributed by atoms with E-state index in [2.05, 4.69) is 26.0 Å². The summed E-state index contributed by atoms with van der Waals surface area (Å²) in [4.78, 5) is 25.0. The van der Waals surface area contributed by atoms with Crippen LogP contribution in [0.5, 0.6) is 0 Å². The molecule has 0 aliphatic rings. The van der Waals surface area contributed by atoms with Crippen LogP contribution in [0.25, 0.3) is 0 Å². The third-order valence-corrected chi connectivity index (χ3v) is 9.37. The Hall–Kier alpha value is -0.814. The molecule has 1 rings (SSSR count). The van der Waals surface area contributed by atoms with Gasteiger partial charge in [-0.2, -0.15) is 0 Å². The number of ether oxygens (including phenoxy) is 2. The molecule has 7 nitrogen and oxygen atoms in total. The van der Waals surface area contributed by atoms with E-state index in [1.165, 1.54) is 116 Å². The average molecular weight is 729 g/mol. The Morgan fingerprint density at radius 3 is 1.29 bits per heavy atom. The fraction of sp³-hybridized carbons (Fsp3) is 0.700. The number of rotatable bonds is 31. The van der Waals surface area contributed by atoms with E-state index >= 15 is 0 Å². The first-order valence-corrected chi connectivity index (χ1v) is 20.5. The molecule has 0 bridgehead atoms. The second-order valence-corrected chi connectivity index (χ2v) is 14.3. The Labute approximate surface area is 342 Å². The Balaban J connectivity index is 0.0000230. The standard InChI is InChI=1S/C40H66O7S.K/c1-3-5-7-9-11-13-15-17-19-21-23-25-27-29-33-46-39(41)37-32-31-36(48(43,44)45)35-38(37)40(42)47-34-30-28-26-24-22-20-18-16-14-12-10-8-6-4-2;/h25-28,31-32,35H,3-24,29-30,33-34H2,1-2H3,(H,43,44,45);/q;+1/p-1/b27-25+,28-26+;. The minimum Gasteiger partial charge on any atom is -0.744 e. The zero-order chi connectivity index (χ0) is 35.1. The minimum atomic E-state index is -4.83. The largest absolute Gasteiger partial charge is 1.00 e. The van der Waals surface area contributed by atoms with Crippen LogP contribution < -0.4 is 51.4 Å². The Bertz CT molecular complexity index is 1150. The van der Waals surface area contributed by atoms with Crippen LogP contribution in [0, 0.1) is 0 Å². The van der Waals surface area contributed by atoms with Crippen molar-refractivity contribution in [1.29, 1.82) is 0 Å². The average Bonchev–Trinajstić information content (AvgIpc) is 3.07. The predicted octanol–water partition coefficient (Wildman–Crippen LogP) is 8.42. The third-order valence-electron chi connectivity index (χ3n) is 8.54. The Morgan fingerprint density at radius 2 is 0.898 bits per heavy atom. The van der Waals surface area contributed by atoms with Gasteiger partial charge in [0.05, 0.1) is 29.2 Å². The second-order valence-electron chi connectivity index (χ2n) is 12.9. The molecule has 0 amide bonds. The number of allylic oxidation sites excluding steroid dienone is 2. The summed E-state index contributed by atoms with van der Waals surface area (Å²) in [5.41, 5.74) is -0.416. The third kappa shape index (κ3) is 26.6. The van der Waals surface area contributed by atoms with Crippen molar-refractivity contribution in [2.45, 2.75) is 173 Å². The van der Waals surface area contributed by atoms with Crippen LogP contribution in [-0.4, -0.2) is 38.1 Å². The van der Waals surface area contributed by atoms with Gasteiger partial charge in [-0.25, -0.2) is 18.0 Å². The molecule has 0 N–H and O–H groups in total. The molecule has 0 heterocycles. The molecule has 0 spiro atoms. The van der Waals surface area contributed by atoms with Crippen molar-refractivity contribution in [2.75, 3.05) is 13.2 Å². The van der Waals surface area contributed by atoms with Gasteiger partial charge in [-0.3, -0.25) is 0 Å². The van der Waals surface area contributed by atoms with E-state index in [-0.39, 0.29) is 75.7 Å². The summed E-state index contributed by atoms with van der Waals surface area (Å²) in [6.45, 7) is 4.67. The van der Waals surface area contributed by atoms with Gasteiger partial charge >= 0.3 is 63.3 Å². The van der Waals surface area contributed by atoms with Crippen LogP contribution in [0.3, 0.4) is 0 Å². The topological polar surface area (TPSA) is 110 Å². The van der Waals surface area contributed by atoms with E-state index < -0.39 is 27.0 Å². The first kappa shape index (κ1) is 48.2. The number of hydrogen-bond donors (Lipinski definition) is 0. The summed E-state index contributed by atoms with van der Waals surface area (Å²) < 4.78 is 45.4. The van der Waals surface area contributed by atoms with Crippen molar-refractivity contribution in [2.24, 2.45) is 0 Å². The van der Waals surface area contributed by atoms with Gasteiger partial charge in [-0.05, 0) is 56.7 Å². The van der Waals surface area contributed by atoms with E-state index in [4.69, 9.17) is 9.47 Å². The Morgan fingerprint density at radius 1 is 0.551 bits per heavy atom. The maximum atomic E-state index is 12.8. The number of hydrogen-bond acceptors (Lipinski definition) is 7. The first-order chi connectivity index (χ1) is 23.3. The molecule has 1 aromatic rings. The smallest absolute Gasteiger partial charge is 0.744 e. The van der Waals surface area contributed by atoms with Crippen LogP contribution in [0.4, 0.5) is 0 Å². The molecule has 0 saturated heterocycles. The fourth-order valence-corrected chi connectivity index (χ4v) is 6.09. The quantitative estimate of drug-likeness (QED) is 0.0248. The van der Waals surface area contributed by atoms with Gasteiger partial charge in [0.25, 0.3) is 0 Å². The molecular weight excluding hydrogens is 664 g/mol. The summed E-state index contributed by atoms with van der Waals surface area (Å²) in [6.07, 6.45) is 37.0. The SMILES string of the molecule is CCCCCCCCCCCC/C=C/CCOC(=O)c1ccc(S(=O)(=O)[O-])cc1C(=O)OCC/C=C/CCCCCCCCCCCC.[K+]. The number of benzene rings is 1. The van der Waals surface area contributed by atoms with Gasteiger partial charge in [0.1, 0.15) is 10.1 Å². The van der Waals surface area contributed by atoms with Gasteiger partial charge in [-0.15, -0.1) is 0 Å². The van der Waals surface area contributed by atoms with Gasteiger partial charge in [0.15, 0.2) is 0 Å². The molecule has 0 fully saturated rings. The minimum absolute atomic E-state index is 0. The molecule has 0 radical (unpaired) electrons. The second kappa shape index (κ2) is 33.1. The van der Waals surface area contributed by atoms with E-state index in [0.717, 1.165) is 43.9 Å². The maximum Gasteiger partial charge on any atom is 1.00 e. The molecule has 0 saturated carbocycles. The van der Waals surface area contributed by atoms with Crippen LogP contribution in [0.1, 0.15) is 189 Å². The molecule has 0 unspecified atom stereocenters. The first-order valence-electron chi connectivity index (χ1n) is 19.0. The zero-order valence-corrected chi connectivity index (χ0v) is 35.1. The fourth-order valence-electron chi connectivity index (χ4n) is 5.59. The van der Waals surface area contributed by atoms with Crippen molar-refractivity contribution in [3.63, 3.8) is 0 Å². The molecule has 274 valence electrons. The van der Waals surface area contributed by atoms with Crippen LogP contribution in [-0.2, 0) is 19.6 Å². The number of unbranched alkanes of at least 4 members (excludes halogenated alkanes) is 20. The monoisotopic (exact) mass is 728 g/mol. The summed E-state index contributed by atoms with van der Waals surface area (Å²) in [5, 5.41) is 0.